The van der Waals surface area contributed by atoms with Gasteiger partial charge in [0.1, 0.15) is 8.64 Å². The molecule has 2 N–H and O–H groups in total. The van der Waals surface area contributed by atoms with Gasteiger partial charge in [0.15, 0.2) is 0 Å². The van der Waals surface area contributed by atoms with Crippen molar-refractivity contribution in [2.45, 2.75) is 38.8 Å². The molecule has 0 unspecified atom stereocenters. The van der Waals surface area contributed by atoms with E-state index in [-0.39, 0.29) is 11.1 Å². The molecule has 1 fully saturated rings. The van der Waals surface area contributed by atoms with Gasteiger partial charge in [-0.3, -0.25) is 0 Å². The Labute approximate surface area is 104 Å². The Kier molecular flexibility index (Phi) is 3.72. The molecule has 1 aliphatic heterocycles. The van der Waals surface area contributed by atoms with E-state index >= 15 is 0 Å². The zero-order valence-corrected chi connectivity index (χ0v) is 11.9. The van der Waals surface area contributed by atoms with E-state index < -0.39 is 0 Å². The predicted molar refractivity (Wildman–Crippen MR) is 74.8 cm³/mol. The van der Waals surface area contributed by atoms with Gasteiger partial charge in [0, 0.05) is 0 Å². The molecule has 0 amide bonds. The lowest BCUT2D eigenvalue weighted by molar-refractivity contribution is 0.255. The zero-order chi connectivity index (χ0) is 11.0. The Balaban J connectivity index is 2.93. The van der Waals surface area contributed by atoms with Gasteiger partial charge in [-0.1, -0.05) is 24.4 Å². The van der Waals surface area contributed by atoms with Gasteiger partial charge >= 0.3 is 0 Å². The number of hydrogen-bond acceptors (Lipinski definition) is 4. The Morgan fingerprint density at radius 3 is 1.43 bits per heavy atom. The lowest BCUT2D eigenvalue weighted by Crippen LogP contribution is -2.65. The van der Waals surface area contributed by atoms with Crippen LogP contribution in [-0.4, -0.2) is 19.7 Å². The fourth-order valence-electron chi connectivity index (χ4n) is 0.940. The second-order valence-corrected chi connectivity index (χ2v) is 7.72. The van der Waals surface area contributed by atoms with E-state index in [1.165, 1.54) is 21.6 Å². The van der Waals surface area contributed by atoms with Gasteiger partial charge in [0.05, 0.1) is 11.1 Å². The van der Waals surface area contributed by atoms with E-state index in [9.17, 15) is 0 Å². The lowest BCUT2D eigenvalue weighted by Gasteiger charge is -2.45. The average Bonchev–Trinajstić information content (AvgIpc) is 1.97. The van der Waals surface area contributed by atoms with Crippen LogP contribution < -0.4 is 10.6 Å². The van der Waals surface area contributed by atoms with Crippen molar-refractivity contribution in [1.82, 2.24) is 10.6 Å². The van der Waals surface area contributed by atoms with E-state index in [0.717, 1.165) is 8.64 Å². The monoisotopic (exact) mass is 266 g/mol. The number of hydrogen-bond donors (Lipinski definition) is 2. The lowest BCUT2D eigenvalue weighted by atomic mass is 9.83. The third-order valence-electron chi connectivity index (χ3n) is 2.58. The molecule has 0 aromatic heterocycles. The van der Waals surface area contributed by atoms with Crippen LogP contribution in [0.4, 0.5) is 0 Å². The van der Waals surface area contributed by atoms with Crippen LogP contribution in [0.3, 0.4) is 0 Å². The number of rotatable bonds is 0. The highest BCUT2D eigenvalue weighted by molar-refractivity contribution is 8.89. The summed E-state index contributed by atoms with van der Waals surface area (Å²) in [5.41, 5.74) is -0.246. The largest absolute Gasteiger partial charge is 0.363 e. The normalized spacial score (nSPS) is 25.7. The molecule has 0 spiro atoms. The Bertz CT molecular complexity index is 245. The average molecular weight is 266 g/mol. The molecule has 1 aliphatic rings. The van der Waals surface area contributed by atoms with Crippen LogP contribution in [0.5, 0.6) is 0 Å². The van der Waals surface area contributed by atoms with Gasteiger partial charge in [0.2, 0.25) is 0 Å². The summed E-state index contributed by atoms with van der Waals surface area (Å²) in [7, 11) is 2.99. The maximum atomic E-state index is 5.20. The maximum absolute atomic E-state index is 5.20. The molecular formula is C8H14N2S4. The van der Waals surface area contributed by atoms with Gasteiger partial charge in [-0.2, -0.15) is 0 Å². The maximum Gasteiger partial charge on any atom is 0.145 e. The molecular weight excluding hydrogens is 252 g/mol. The van der Waals surface area contributed by atoms with E-state index in [1.807, 2.05) is 0 Å². The fraction of sp³-hybridized carbons (Fsp3) is 0.750. The minimum absolute atomic E-state index is 0.123. The van der Waals surface area contributed by atoms with E-state index in [4.69, 9.17) is 24.4 Å². The van der Waals surface area contributed by atoms with Gasteiger partial charge < -0.3 is 10.6 Å². The third kappa shape index (κ3) is 2.74. The number of nitrogens with one attached hydrogen (secondary N) is 2. The first kappa shape index (κ1) is 12.5. The van der Waals surface area contributed by atoms with Crippen LogP contribution in [0.2, 0.25) is 0 Å². The summed E-state index contributed by atoms with van der Waals surface area (Å²) in [4.78, 5) is 0. The first-order chi connectivity index (χ1) is 6.24. The van der Waals surface area contributed by atoms with Gasteiger partial charge in [-0.15, -0.1) is 0 Å². The van der Waals surface area contributed by atoms with Crippen molar-refractivity contribution in [2.75, 3.05) is 0 Å². The molecule has 80 valence electrons. The smallest absolute Gasteiger partial charge is 0.145 e. The molecule has 2 nitrogen and oxygen atoms in total. The molecule has 0 aromatic rings. The van der Waals surface area contributed by atoms with Crippen LogP contribution >= 0.6 is 46.0 Å². The molecule has 0 radical (unpaired) electrons. The summed E-state index contributed by atoms with van der Waals surface area (Å²) >= 11 is 10.4. The van der Waals surface area contributed by atoms with Crippen molar-refractivity contribution in [3.8, 4) is 0 Å². The Hall–Kier alpha value is 0.480. The third-order valence-corrected chi connectivity index (χ3v) is 5.76. The summed E-state index contributed by atoms with van der Waals surface area (Å²) in [6.07, 6.45) is 0. The van der Waals surface area contributed by atoms with Crippen molar-refractivity contribution in [3.63, 3.8) is 0 Å². The summed E-state index contributed by atoms with van der Waals surface area (Å²) in [6, 6.07) is 0. The SMILES string of the molecule is CC1(C)NC(=S)SSC(=S)NC1(C)C. The fourth-order valence-corrected chi connectivity index (χ4v) is 3.51. The van der Waals surface area contributed by atoms with Crippen molar-refractivity contribution >= 4 is 54.7 Å². The summed E-state index contributed by atoms with van der Waals surface area (Å²) in [5.74, 6) is 0. The van der Waals surface area contributed by atoms with Gasteiger partial charge in [-0.05, 0) is 49.3 Å². The second kappa shape index (κ2) is 4.15. The topological polar surface area (TPSA) is 24.1 Å². The Morgan fingerprint density at radius 2 is 1.14 bits per heavy atom. The standard InChI is InChI=1S/C8H14N2S4/c1-7(2)8(3,4)10-6(12)14-13-5(11)9-7/h1-4H3,(H,9,11)(H,10,12). The highest BCUT2D eigenvalue weighted by Gasteiger charge is 2.39. The first-order valence-corrected chi connectivity index (χ1v) is 7.20. The van der Waals surface area contributed by atoms with Crippen LogP contribution in [-0.2, 0) is 0 Å². The molecule has 0 aromatic carbocycles. The molecule has 6 heteroatoms. The zero-order valence-electron chi connectivity index (χ0n) is 8.63. The first-order valence-electron chi connectivity index (χ1n) is 4.23. The highest BCUT2D eigenvalue weighted by atomic mass is 33.1. The van der Waals surface area contributed by atoms with E-state index in [1.54, 1.807) is 0 Å². The summed E-state index contributed by atoms with van der Waals surface area (Å²) < 4.78 is 1.58. The Morgan fingerprint density at radius 1 is 0.857 bits per heavy atom. The van der Waals surface area contributed by atoms with Crippen LogP contribution in [0.1, 0.15) is 27.7 Å². The van der Waals surface area contributed by atoms with Crippen molar-refractivity contribution < 1.29 is 0 Å². The molecule has 0 atom stereocenters. The predicted octanol–water partition coefficient (Wildman–Crippen LogP) is 2.69. The van der Waals surface area contributed by atoms with Crippen LogP contribution in [0.25, 0.3) is 0 Å². The quantitative estimate of drug-likeness (QED) is 0.516. The van der Waals surface area contributed by atoms with Gasteiger partial charge in [0.25, 0.3) is 0 Å². The van der Waals surface area contributed by atoms with Gasteiger partial charge in [-0.25, -0.2) is 0 Å². The molecule has 1 saturated heterocycles. The van der Waals surface area contributed by atoms with E-state index in [2.05, 4.69) is 38.3 Å². The van der Waals surface area contributed by atoms with E-state index in [0.29, 0.717) is 0 Å². The molecule has 1 rings (SSSR count). The van der Waals surface area contributed by atoms with Crippen molar-refractivity contribution in [3.05, 3.63) is 0 Å². The minimum Gasteiger partial charge on any atom is -0.363 e. The molecule has 0 bridgehead atoms. The summed E-state index contributed by atoms with van der Waals surface area (Å²) in [6.45, 7) is 8.47. The minimum atomic E-state index is -0.123. The van der Waals surface area contributed by atoms with Crippen molar-refractivity contribution in [1.29, 1.82) is 0 Å². The van der Waals surface area contributed by atoms with Crippen molar-refractivity contribution in [2.24, 2.45) is 0 Å². The summed E-state index contributed by atoms with van der Waals surface area (Å²) in [5, 5.41) is 6.64. The molecule has 0 saturated carbocycles. The molecule has 1 heterocycles. The van der Waals surface area contributed by atoms with Crippen LogP contribution in [0, 0.1) is 0 Å². The van der Waals surface area contributed by atoms with Crippen LogP contribution in [0.15, 0.2) is 0 Å². The second-order valence-electron chi connectivity index (χ2n) is 4.24. The molecule has 14 heavy (non-hydrogen) atoms. The highest BCUT2D eigenvalue weighted by Crippen LogP contribution is 2.31. The molecule has 0 aliphatic carbocycles. The number of thiocarbonyl (C=S) groups is 2.